The van der Waals surface area contributed by atoms with Crippen molar-refractivity contribution in [3.05, 3.63) is 47.8 Å². The number of carbonyl (C=O) groups excluding carboxylic acids is 2. The summed E-state index contributed by atoms with van der Waals surface area (Å²) in [5.74, 6) is -2.39. The van der Waals surface area contributed by atoms with Gasteiger partial charge in [0.2, 0.25) is 0 Å². The Bertz CT molecular complexity index is 1070. The lowest BCUT2D eigenvalue weighted by Crippen LogP contribution is -2.52. The lowest BCUT2D eigenvalue weighted by atomic mass is 9.88. The summed E-state index contributed by atoms with van der Waals surface area (Å²) in [6, 6.07) is 6.33. The monoisotopic (exact) mass is 624 g/mol. The molecule has 44 heavy (non-hydrogen) atoms. The molecule has 5 N–H and O–H groups in total. The Labute approximate surface area is 257 Å². The third kappa shape index (κ3) is 14.1. The number of aliphatic carboxylic acids is 2. The van der Waals surface area contributed by atoms with Crippen molar-refractivity contribution in [2.75, 3.05) is 60.2 Å². The van der Waals surface area contributed by atoms with Gasteiger partial charge >= 0.3 is 24.1 Å². The molecule has 2 aliphatic rings. The predicted octanol–water partition coefficient (Wildman–Crippen LogP) is 2.78. The topological polar surface area (TPSA) is 176 Å². The lowest BCUT2D eigenvalue weighted by Gasteiger charge is -2.38. The number of carboxylic acid groups (broad SMARTS) is 2. The van der Waals surface area contributed by atoms with Crippen LogP contribution in [0.4, 0.5) is 14.0 Å². The first-order chi connectivity index (χ1) is 21.1. The summed E-state index contributed by atoms with van der Waals surface area (Å²) in [5.41, 5.74) is 0.727. The van der Waals surface area contributed by atoms with E-state index < -0.39 is 24.1 Å². The van der Waals surface area contributed by atoms with Crippen LogP contribution >= 0.6 is 0 Å². The zero-order valence-electron chi connectivity index (χ0n) is 25.3. The van der Waals surface area contributed by atoms with E-state index in [0.29, 0.717) is 37.7 Å². The number of hydrogen-bond donors (Lipinski definition) is 5. The highest BCUT2D eigenvalue weighted by Crippen LogP contribution is 2.33. The minimum Gasteiger partial charge on any atom is -0.478 e. The smallest absolute Gasteiger partial charge is 0.406 e. The molecule has 0 aliphatic carbocycles. The maximum Gasteiger partial charge on any atom is 0.406 e. The third-order valence-corrected chi connectivity index (χ3v) is 7.22. The Morgan fingerprint density at radius 1 is 1.16 bits per heavy atom. The van der Waals surface area contributed by atoms with Crippen LogP contribution in [0.3, 0.4) is 0 Å². The molecule has 13 nitrogen and oxygen atoms in total. The number of rotatable bonds is 13. The van der Waals surface area contributed by atoms with Gasteiger partial charge in [-0.15, -0.1) is 0 Å². The van der Waals surface area contributed by atoms with Gasteiger partial charge in [0.1, 0.15) is 5.82 Å². The molecular weight excluding hydrogens is 579 g/mol. The van der Waals surface area contributed by atoms with Crippen LogP contribution in [-0.4, -0.2) is 105 Å². The molecule has 3 amide bonds. The first-order valence-corrected chi connectivity index (χ1v) is 14.7. The molecule has 246 valence electrons. The first-order valence-electron chi connectivity index (χ1n) is 14.7. The van der Waals surface area contributed by atoms with E-state index in [2.05, 4.69) is 20.7 Å². The minimum atomic E-state index is -1.26. The number of halogens is 1. The molecule has 0 spiro atoms. The second-order valence-corrected chi connectivity index (χ2v) is 10.6. The fraction of sp³-hybridized carbons (Fsp3) is 0.600. The van der Waals surface area contributed by atoms with Gasteiger partial charge in [-0.2, -0.15) is 0 Å². The molecule has 1 aromatic rings. The fourth-order valence-corrected chi connectivity index (χ4v) is 5.28. The van der Waals surface area contributed by atoms with Gasteiger partial charge in [0.25, 0.3) is 0 Å². The zero-order valence-corrected chi connectivity index (χ0v) is 25.3. The maximum absolute atomic E-state index is 14.0. The number of likely N-dealkylation sites (N-methyl/N-ethyl adjacent to an activating group) is 1. The van der Waals surface area contributed by atoms with E-state index in [4.69, 9.17) is 19.7 Å². The molecule has 2 saturated heterocycles. The molecule has 0 bridgehead atoms. The summed E-state index contributed by atoms with van der Waals surface area (Å²) in [7, 11) is 3.20. The third-order valence-electron chi connectivity index (χ3n) is 7.22. The number of methoxy groups -OCH3 is 1. The standard InChI is InChI=1S/C26H41FN4O5.C4H4O4/c1-28-16-23(14-19-6-5-12-35-18-19)30-25(32)31-11-4-8-21(17-31)24(20-7-3-9-22(27)15-20)36-13-10-29-26(33)34-2;5-3(6)1-2-4(7)8/h3,7,9,15,19,21,23-24,28H,4-6,8,10-14,16-18H2,1-2H3,(H,29,33)(H,30,32);1-2H,(H,5,6)(H,7,8)/b;2-1+/t19-,21+,23-,24-;/m0./s1. The quantitative estimate of drug-likeness (QED) is 0.162. The van der Waals surface area contributed by atoms with E-state index in [9.17, 15) is 23.6 Å². The maximum atomic E-state index is 14.0. The van der Waals surface area contributed by atoms with Crippen LogP contribution in [0.1, 0.15) is 43.8 Å². The summed E-state index contributed by atoms with van der Waals surface area (Å²) in [4.78, 5) is 45.5. The van der Waals surface area contributed by atoms with Crippen molar-refractivity contribution < 1.29 is 48.0 Å². The second kappa shape index (κ2) is 20.3. The molecule has 0 unspecified atom stereocenters. The lowest BCUT2D eigenvalue weighted by molar-refractivity contribution is -0.134. The van der Waals surface area contributed by atoms with Crippen molar-refractivity contribution in [2.24, 2.45) is 11.8 Å². The van der Waals surface area contributed by atoms with Crippen molar-refractivity contribution >= 4 is 24.1 Å². The van der Waals surface area contributed by atoms with E-state index in [1.807, 2.05) is 18.0 Å². The predicted molar refractivity (Wildman–Crippen MR) is 159 cm³/mol. The summed E-state index contributed by atoms with van der Waals surface area (Å²) >= 11 is 0. The highest BCUT2D eigenvalue weighted by Gasteiger charge is 2.32. The minimum absolute atomic E-state index is 0.000999. The Kier molecular flexibility index (Phi) is 16.8. The molecule has 0 radical (unpaired) electrons. The molecule has 1 aromatic carbocycles. The number of urea groups is 1. The zero-order chi connectivity index (χ0) is 32.3. The average molecular weight is 625 g/mol. The number of piperidine rings is 1. The van der Waals surface area contributed by atoms with Gasteiger partial charge in [0, 0.05) is 63.5 Å². The Morgan fingerprint density at radius 2 is 1.91 bits per heavy atom. The molecule has 4 atom stereocenters. The van der Waals surface area contributed by atoms with E-state index in [1.54, 1.807) is 6.07 Å². The van der Waals surface area contributed by atoms with E-state index in [1.165, 1.54) is 19.2 Å². The fourth-order valence-electron chi connectivity index (χ4n) is 5.28. The van der Waals surface area contributed by atoms with Crippen LogP contribution in [0.5, 0.6) is 0 Å². The van der Waals surface area contributed by atoms with Crippen molar-refractivity contribution in [3.8, 4) is 0 Å². The van der Waals surface area contributed by atoms with Crippen molar-refractivity contribution in [1.29, 1.82) is 0 Å². The van der Waals surface area contributed by atoms with Gasteiger partial charge in [-0.05, 0) is 62.8 Å². The summed E-state index contributed by atoms with van der Waals surface area (Å²) in [6.45, 7) is 3.96. The number of carbonyl (C=O) groups is 4. The summed E-state index contributed by atoms with van der Waals surface area (Å²) < 4.78 is 30.4. The van der Waals surface area contributed by atoms with Crippen LogP contribution in [0.2, 0.25) is 0 Å². The van der Waals surface area contributed by atoms with Crippen LogP contribution in [-0.2, 0) is 23.8 Å². The number of likely N-dealkylation sites (tertiary alicyclic amines) is 1. The molecule has 14 heteroatoms. The number of hydrogen-bond acceptors (Lipinski definition) is 8. The number of ether oxygens (including phenoxy) is 3. The van der Waals surface area contributed by atoms with Crippen LogP contribution in [0, 0.1) is 17.7 Å². The Balaban J connectivity index is 0.000000742. The number of amides is 3. The van der Waals surface area contributed by atoms with E-state index in [-0.39, 0.29) is 37.0 Å². The Hall–Kier alpha value is -3.75. The van der Waals surface area contributed by atoms with Gasteiger partial charge in [0.15, 0.2) is 0 Å². The number of carboxylic acids is 2. The van der Waals surface area contributed by atoms with E-state index >= 15 is 0 Å². The summed E-state index contributed by atoms with van der Waals surface area (Å²) in [6.07, 6.45) is 4.95. The molecule has 2 fully saturated rings. The highest BCUT2D eigenvalue weighted by atomic mass is 19.1. The molecule has 0 aromatic heterocycles. The van der Waals surface area contributed by atoms with Gasteiger partial charge in [-0.1, -0.05) is 12.1 Å². The van der Waals surface area contributed by atoms with Crippen LogP contribution in [0.15, 0.2) is 36.4 Å². The molecule has 0 saturated carbocycles. The number of nitrogens with one attached hydrogen (secondary N) is 3. The highest BCUT2D eigenvalue weighted by molar-refractivity contribution is 5.89. The Morgan fingerprint density at radius 3 is 2.52 bits per heavy atom. The number of alkyl carbamates (subject to hydrolysis) is 1. The normalized spacial score (nSPS) is 19.7. The number of nitrogens with zero attached hydrogens (tertiary/aromatic N) is 1. The second-order valence-electron chi connectivity index (χ2n) is 10.6. The van der Waals surface area contributed by atoms with Crippen LogP contribution < -0.4 is 16.0 Å². The largest absolute Gasteiger partial charge is 0.478 e. The first kappa shape index (κ1) is 36.4. The van der Waals surface area contributed by atoms with Gasteiger partial charge in [-0.25, -0.2) is 23.6 Å². The molecule has 3 rings (SSSR count). The van der Waals surface area contributed by atoms with E-state index in [0.717, 1.165) is 50.9 Å². The van der Waals surface area contributed by atoms with Gasteiger partial charge in [-0.3, -0.25) is 0 Å². The SMILES string of the molecule is CNC[C@H](C[C@@H]1CCCOC1)NC(=O)N1CCC[C@@H]([C@@H](OCCNC(=O)OC)c2cccc(F)c2)C1.O=C(O)/C=C/C(=O)O. The van der Waals surface area contributed by atoms with Gasteiger partial charge < -0.3 is 45.3 Å². The van der Waals surface area contributed by atoms with Gasteiger partial charge in [0.05, 0.1) is 19.8 Å². The van der Waals surface area contributed by atoms with Crippen LogP contribution in [0.25, 0.3) is 0 Å². The average Bonchev–Trinajstić information content (AvgIpc) is 3.01. The number of benzene rings is 1. The van der Waals surface area contributed by atoms with Crippen molar-refractivity contribution in [2.45, 2.75) is 44.2 Å². The summed E-state index contributed by atoms with van der Waals surface area (Å²) in [5, 5.41) is 24.6. The van der Waals surface area contributed by atoms with Crippen molar-refractivity contribution in [3.63, 3.8) is 0 Å². The van der Waals surface area contributed by atoms with Crippen molar-refractivity contribution in [1.82, 2.24) is 20.9 Å². The molecule has 2 heterocycles. The molecule has 2 aliphatic heterocycles. The molecular formula is C30H45FN4O9.